The Labute approximate surface area is 161 Å². The van der Waals surface area contributed by atoms with Gasteiger partial charge in [-0.05, 0) is 23.7 Å². The van der Waals surface area contributed by atoms with Gasteiger partial charge in [0.15, 0.2) is 11.5 Å². The third kappa shape index (κ3) is 3.63. The van der Waals surface area contributed by atoms with Gasteiger partial charge in [0.05, 0.1) is 16.3 Å². The lowest BCUT2D eigenvalue weighted by Crippen LogP contribution is -2.23. The Morgan fingerprint density at radius 3 is 2.18 bits per heavy atom. The predicted molar refractivity (Wildman–Crippen MR) is 81.0 cm³/mol. The largest absolute Gasteiger partial charge is 0.427 e. The SMILES string of the molecule is N#Cc1nn(-c2c(F)cc(C(F)(F)F)cc2Cl)c(CF)c1S(=O)(=O)C(F)(F)Cl. The fraction of sp³-hybridized carbons (Fsp3) is 0.231. The van der Waals surface area contributed by atoms with Gasteiger partial charge in [-0.1, -0.05) is 11.6 Å². The number of alkyl halides is 7. The second-order valence-electron chi connectivity index (χ2n) is 5.02. The van der Waals surface area contributed by atoms with E-state index in [2.05, 4.69) is 16.7 Å². The first-order valence-corrected chi connectivity index (χ1v) is 8.86. The Balaban J connectivity index is 2.90. The van der Waals surface area contributed by atoms with Gasteiger partial charge in [0.1, 0.15) is 23.3 Å². The summed E-state index contributed by atoms with van der Waals surface area (Å²) in [5.74, 6) is -1.73. The van der Waals surface area contributed by atoms with Crippen LogP contribution >= 0.6 is 23.2 Å². The van der Waals surface area contributed by atoms with Crippen molar-refractivity contribution in [2.75, 3.05) is 0 Å². The predicted octanol–water partition coefficient (Wildman–Crippen LogP) is 4.59. The van der Waals surface area contributed by atoms with Crippen LogP contribution < -0.4 is 0 Å². The lowest BCUT2D eigenvalue weighted by molar-refractivity contribution is -0.137. The van der Waals surface area contributed by atoms with E-state index in [4.69, 9.17) is 16.9 Å². The van der Waals surface area contributed by atoms with E-state index in [9.17, 15) is 39.2 Å². The zero-order chi connectivity index (χ0) is 21.7. The maximum atomic E-state index is 14.2. The number of rotatable bonds is 4. The van der Waals surface area contributed by atoms with Crippen LogP contribution in [0.4, 0.5) is 30.7 Å². The van der Waals surface area contributed by atoms with Crippen molar-refractivity contribution in [1.29, 1.82) is 5.26 Å². The summed E-state index contributed by atoms with van der Waals surface area (Å²) in [6, 6.07) is 1.27. The molecule has 152 valence electrons. The highest BCUT2D eigenvalue weighted by molar-refractivity contribution is 7.93. The molecule has 1 aromatic carbocycles. The Morgan fingerprint density at radius 1 is 1.21 bits per heavy atom. The van der Waals surface area contributed by atoms with E-state index >= 15 is 0 Å². The van der Waals surface area contributed by atoms with Crippen LogP contribution in [0.15, 0.2) is 17.0 Å². The van der Waals surface area contributed by atoms with Crippen LogP contribution in [0.2, 0.25) is 5.02 Å². The average molecular weight is 470 g/mol. The number of hydrogen-bond donors (Lipinski definition) is 0. The first-order chi connectivity index (χ1) is 12.7. The molecular formula is C13H4Cl2F7N3O2S. The molecule has 0 saturated carbocycles. The molecule has 0 radical (unpaired) electrons. The van der Waals surface area contributed by atoms with E-state index in [1.165, 1.54) is 0 Å². The minimum Gasteiger partial charge on any atom is -0.244 e. The van der Waals surface area contributed by atoms with Gasteiger partial charge in [0.25, 0.3) is 9.84 Å². The lowest BCUT2D eigenvalue weighted by atomic mass is 10.2. The lowest BCUT2D eigenvalue weighted by Gasteiger charge is -2.13. The van der Waals surface area contributed by atoms with Crippen molar-refractivity contribution < 1.29 is 39.2 Å². The Hall–Kier alpha value is -2.04. The summed E-state index contributed by atoms with van der Waals surface area (Å²) < 4.78 is 111. The molecule has 0 N–H and O–H groups in total. The van der Waals surface area contributed by atoms with Gasteiger partial charge in [0, 0.05) is 0 Å². The van der Waals surface area contributed by atoms with E-state index in [-0.39, 0.29) is 16.8 Å². The summed E-state index contributed by atoms with van der Waals surface area (Å²) in [7, 11) is -5.87. The third-order valence-corrected chi connectivity index (χ3v) is 5.77. The quantitative estimate of drug-likeness (QED) is 0.484. The first kappa shape index (κ1) is 22.3. The number of nitrogens with zero attached hydrogens (tertiary/aromatic N) is 3. The van der Waals surface area contributed by atoms with Crippen molar-refractivity contribution in [3.63, 3.8) is 0 Å². The molecule has 0 atom stereocenters. The van der Waals surface area contributed by atoms with Crippen LogP contribution in [0.5, 0.6) is 0 Å². The minimum absolute atomic E-state index is 0.0197. The van der Waals surface area contributed by atoms with Crippen LogP contribution in [0.3, 0.4) is 0 Å². The topological polar surface area (TPSA) is 75.8 Å². The highest BCUT2D eigenvalue weighted by Gasteiger charge is 2.48. The van der Waals surface area contributed by atoms with Crippen LogP contribution in [-0.4, -0.2) is 22.9 Å². The highest BCUT2D eigenvalue weighted by Crippen LogP contribution is 2.39. The summed E-state index contributed by atoms with van der Waals surface area (Å²) in [6.45, 7) is -1.88. The average Bonchev–Trinajstić information content (AvgIpc) is 2.91. The van der Waals surface area contributed by atoms with Gasteiger partial charge in [0.2, 0.25) is 0 Å². The summed E-state index contributed by atoms with van der Waals surface area (Å²) in [5, 5.41) is 11.1. The molecule has 0 unspecified atom stereocenters. The van der Waals surface area contributed by atoms with Crippen molar-refractivity contribution in [3.8, 4) is 11.8 Å². The van der Waals surface area contributed by atoms with Crippen molar-refractivity contribution in [2.45, 2.75) is 22.5 Å². The minimum atomic E-state index is -5.87. The number of aromatic nitrogens is 2. The fourth-order valence-electron chi connectivity index (χ4n) is 2.14. The maximum Gasteiger partial charge on any atom is 0.427 e. The normalized spacial score (nSPS) is 12.9. The second-order valence-corrected chi connectivity index (χ2v) is 8.05. The first-order valence-electron chi connectivity index (χ1n) is 6.62. The molecule has 2 rings (SSSR count). The Morgan fingerprint density at radius 2 is 1.79 bits per heavy atom. The van der Waals surface area contributed by atoms with Gasteiger partial charge in [-0.25, -0.2) is 21.9 Å². The van der Waals surface area contributed by atoms with Gasteiger partial charge in [-0.3, -0.25) is 0 Å². The fourth-order valence-corrected chi connectivity index (χ4v) is 3.69. The van der Waals surface area contributed by atoms with Gasteiger partial charge < -0.3 is 0 Å². The van der Waals surface area contributed by atoms with Crippen molar-refractivity contribution in [3.05, 3.63) is 39.9 Å². The smallest absolute Gasteiger partial charge is 0.244 e. The van der Waals surface area contributed by atoms with Gasteiger partial charge in [-0.2, -0.15) is 32.3 Å². The van der Waals surface area contributed by atoms with Gasteiger partial charge >= 0.3 is 10.9 Å². The Bertz CT molecular complexity index is 1060. The van der Waals surface area contributed by atoms with E-state index in [1.54, 1.807) is 0 Å². The van der Waals surface area contributed by atoms with E-state index < -0.39 is 65.8 Å². The van der Waals surface area contributed by atoms with E-state index in [0.717, 1.165) is 6.07 Å². The Kier molecular flexibility index (Phi) is 5.63. The highest BCUT2D eigenvalue weighted by atomic mass is 35.5. The molecular weight excluding hydrogens is 466 g/mol. The number of sulfone groups is 1. The maximum absolute atomic E-state index is 14.2. The van der Waals surface area contributed by atoms with Crippen LogP contribution in [0.1, 0.15) is 17.0 Å². The van der Waals surface area contributed by atoms with Crippen molar-refractivity contribution in [2.24, 2.45) is 0 Å². The summed E-state index contributed by atoms with van der Waals surface area (Å²) in [5.41, 5.74) is -5.19. The molecule has 28 heavy (non-hydrogen) atoms. The van der Waals surface area contributed by atoms with Gasteiger partial charge in [-0.15, -0.1) is 0 Å². The molecule has 5 nitrogen and oxygen atoms in total. The molecule has 0 aliphatic carbocycles. The molecule has 0 aliphatic heterocycles. The number of nitriles is 1. The van der Waals surface area contributed by atoms with E-state index in [0.29, 0.717) is 0 Å². The second kappa shape index (κ2) is 7.09. The van der Waals surface area contributed by atoms with Crippen LogP contribution in [0.25, 0.3) is 5.69 Å². The standard InChI is InChI=1S/C13H4Cl2F7N3O2S/c14-6-1-5(12(18,19)20)2-7(17)10(6)25-9(3-16)11(8(4-23)24-25)28(26,27)13(15,21)22/h1-2H,3H2. The summed E-state index contributed by atoms with van der Waals surface area (Å²) in [4.78, 5) is -1.65. The molecule has 0 aliphatic rings. The summed E-state index contributed by atoms with van der Waals surface area (Å²) in [6.07, 6.45) is -5.01. The molecule has 15 heteroatoms. The zero-order valence-corrected chi connectivity index (χ0v) is 15.2. The van der Waals surface area contributed by atoms with Crippen LogP contribution in [-0.2, 0) is 22.7 Å². The number of hydrogen-bond acceptors (Lipinski definition) is 4. The molecule has 0 amide bonds. The molecule has 1 heterocycles. The van der Waals surface area contributed by atoms with Crippen molar-refractivity contribution in [1.82, 2.24) is 9.78 Å². The molecule has 0 saturated heterocycles. The van der Waals surface area contributed by atoms with E-state index in [1.807, 2.05) is 0 Å². The number of benzene rings is 1. The van der Waals surface area contributed by atoms with Crippen molar-refractivity contribution >= 4 is 33.0 Å². The number of halogens is 9. The van der Waals surface area contributed by atoms with Crippen LogP contribution in [0, 0.1) is 17.1 Å². The molecule has 0 bridgehead atoms. The summed E-state index contributed by atoms with van der Waals surface area (Å²) >= 11 is 10.1. The zero-order valence-electron chi connectivity index (χ0n) is 12.8. The molecule has 0 fully saturated rings. The monoisotopic (exact) mass is 469 g/mol. The molecule has 1 aromatic heterocycles. The third-order valence-electron chi connectivity index (χ3n) is 3.29. The molecule has 2 aromatic rings. The molecule has 0 spiro atoms.